The van der Waals surface area contributed by atoms with Gasteiger partial charge in [0, 0.05) is 44.1 Å². The Kier molecular flexibility index (Phi) is 7.70. The van der Waals surface area contributed by atoms with E-state index < -0.39 is 11.5 Å². The highest BCUT2D eigenvalue weighted by Gasteiger charge is 2.48. The highest BCUT2D eigenvalue weighted by Crippen LogP contribution is 2.44. The lowest BCUT2D eigenvalue weighted by atomic mass is 9.76. The molecular formula is C25H37N5O4. The molecule has 0 radical (unpaired) electrons. The number of nitrogens with one attached hydrogen (secondary N) is 3. The van der Waals surface area contributed by atoms with E-state index >= 15 is 0 Å². The third kappa shape index (κ3) is 5.19. The Morgan fingerprint density at radius 2 is 1.94 bits per heavy atom. The van der Waals surface area contributed by atoms with E-state index in [9.17, 15) is 14.4 Å². The molecule has 0 unspecified atom stereocenters. The topological polar surface area (TPSA) is 113 Å². The zero-order chi connectivity index (χ0) is 24.1. The molecule has 4 heterocycles. The van der Waals surface area contributed by atoms with Crippen molar-refractivity contribution in [1.29, 1.82) is 0 Å². The molecule has 3 aliphatic heterocycles. The standard InChI is InChI=1S/C25H37N5O4/c1-3-6-17(2)7-8-19(28-24(33)30-11-4-5-12-30)22(31)29-21-15-20-18(16-26-21)25(23(32)27-20)9-13-34-14-10-25/h15-17,19H,3-14H2,1-2H3,(H,27,32)(H,28,33)(H,26,29,31)/t17-,19-/m0/s1. The van der Waals surface area contributed by atoms with Crippen LogP contribution < -0.4 is 16.0 Å². The van der Waals surface area contributed by atoms with E-state index in [1.165, 1.54) is 0 Å². The van der Waals surface area contributed by atoms with Gasteiger partial charge < -0.3 is 25.6 Å². The number of carbonyl (C=O) groups is 3. The lowest BCUT2D eigenvalue weighted by molar-refractivity contribution is -0.124. The number of amides is 4. The first-order valence-electron chi connectivity index (χ1n) is 12.7. The average molecular weight is 472 g/mol. The molecular weight excluding hydrogens is 434 g/mol. The van der Waals surface area contributed by atoms with Crippen LogP contribution in [-0.2, 0) is 19.7 Å². The number of hydrogen-bond acceptors (Lipinski definition) is 5. The molecule has 4 rings (SSSR count). The van der Waals surface area contributed by atoms with Gasteiger partial charge in [0.1, 0.15) is 11.9 Å². The molecule has 9 heteroatoms. The fraction of sp³-hybridized carbons (Fsp3) is 0.680. The summed E-state index contributed by atoms with van der Waals surface area (Å²) < 4.78 is 5.45. The highest BCUT2D eigenvalue weighted by atomic mass is 16.5. The maximum absolute atomic E-state index is 13.2. The first kappa shape index (κ1) is 24.4. The first-order chi connectivity index (χ1) is 16.4. The van der Waals surface area contributed by atoms with Crippen molar-refractivity contribution >= 4 is 29.4 Å². The summed E-state index contributed by atoms with van der Waals surface area (Å²) in [4.78, 5) is 44.9. The van der Waals surface area contributed by atoms with Gasteiger partial charge in [-0.25, -0.2) is 9.78 Å². The highest BCUT2D eigenvalue weighted by molar-refractivity contribution is 6.07. The molecule has 2 fully saturated rings. The van der Waals surface area contributed by atoms with E-state index in [-0.39, 0.29) is 17.8 Å². The summed E-state index contributed by atoms with van der Waals surface area (Å²) in [5.41, 5.74) is 0.961. The summed E-state index contributed by atoms with van der Waals surface area (Å²) in [5, 5.41) is 8.78. The molecule has 1 aromatic rings. The number of carbonyl (C=O) groups excluding carboxylic acids is 3. The van der Waals surface area contributed by atoms with E-state index in [1.807, 2.05) is 0 Å². The van der Waals surface area contributed by atoms with Crippen LogP contribution in [0.2, 0.25) is 0 Å². The van der Waals surface area contributed by atoms with Crippen molar-refractivity contribution in [3.8, 4) is 0 Å². The van der Waals surface area contributed by atoms with Crippen LogP contribution in [-0.4, -0.2) is 60.1 Å². The lowest BCUT2D eigenvalue weighted by Crippen LogP contribution is -2.49. The smallest absolute Gasteiger partial charge is 0.318 e. The summed E-state index contributed by atoms with van der Waals surface area (Å²) >= 11 is 0. The average Bonchev–Trinajstić information content (AvgIpc) is 3.45. The van der Waals surface area contributed by atoms with Crippen LogP contribution in [0.25, 0.3) is 0 Å². The van der Waals surface area contributed by atoms with Gasteiger partial charge in [-0.05, 0) is 44.4 Å². The molecule has 1 aromatic heterocycles. The molecule has 4 amide bonds. The molecule has 3 N–H and O–H groups in total. The van der Waals surface area contributed by atoms with Crippen molar-refractivity contribution in [2.45, 2.75) is 76.7 Å². The van der Waals surface area contributed by atoms with Crippen LogP contribution in [0, 0.1) is 5.92 Å². The number of ether oxygens (including phenoxy) is 1. The number of hydrogen-bond donors (Lipinski definition) is 3. The Labute approximate surface area is 201 Å². The van der Waals surface area contributed by atoms with Gasteiger partial charge in [0.25, 0.3) is 0 Å². The van der Waals surface area contributed by atoms with Gasteiger partial charge in [-0.15, -0.1) is 0 Å². The molecule has 1 spiro atoms. The van der Waals surface area contributed by atoms with Gasteiger partial charge in [0.2, 0.25) is 11.8 Å². The van der Waals surface area contributed by atoms with Gasteiger partial charge in [-0.2, -0.15) is 0 Å². The third-order valence-corrected chi connectivity index (χ3v) is 7.44. The molecule has 9 nitrogen and oxygen atoms in total. The Balaban J connectivity index is 1.45. The second kappa shape index (κ2) is 10.7. The van der Waals surface area contributed by atoms with E-state index in [4.69, 9.17) is 4.74 Å². The summed E-state index contributed by atoms with van der Waals surface area (Å²) in [6.45, 7) is 6.87. The van der Waals surface area contributed by atoms with Crippen molar-refractivity contribution in [2.75, 3.05) is 36.9 Å². The lowest BCUT2D eigenvalue weighted by Gasteiger charge is -2.31. The first-order valence-corrected chi connectivity index (χ1v) is 12.7. The molecule has 3 aliphatic rings. The monoisotopic (exact) mass is 471 g/mol. The Morgan fingerprint density at radius 1 is 1.21 bits per heavy atom. The van der Waals surface area contributed by atoms with Crippen molar-refractivity contribution in [1.82, 2.24) is 15.2 Å². The molecule has 2 saturated heterocycles. The van der Waals surface area contributed by atoms with E-state index in [1.54, 1.807) is 17.2 Å². The zero-order valence-corrected chi connectivity index (χ0v) is 20.3. The van der Waals surface area contributed by atoms with E-state index in [2.05, 4.69) is 34.8 Å². The van der Waals surface area contributed by atoms with Gasteiger partial charge in [-0.1, -0.05) is 26.7 Å². The molecule has 0 aromatic carbocycles. The number of likely N-dealkylation sites (tertiary alicyclic amines) is 1. The number of urea groups is 1. The van der Waals surface area contributed by atoms with Crippen LogP contribution in [0.15, 0.2) is 12.3 Å². The van der Waals surface area contributed by atoms with Crippen molar-refractivity contribution in [3.63, 3.8) is 0 Å². The van der Waals surface area contributed by atoms with Gasteiger partial charge in [0.05, 0.1) is 11.1 Å². The maximum Gasteiger partial charge on any atom is 0.318 e. The number of nitrogens with zero attached hydrogens (tertiary/aromatic N) is 2. The second-order valence-corrected chi connectivity index (χ2v) is 9.92. The summed E-state index contributed by atoms with van der Waals surface area (Å²) in [7, 11) is 0. The van der Waals surface area contributed by atoms with Crippen LogP contribution in [0.4, 0.5) is 16.3 Å². The number of pyridine rings is 1. The molecule has 34 heavy (non-hydrogen) atoms. The van der Waals surface area contributed by atoms with Crippen molar-refractivity contribution < 1.29 is 19.1 Å². The van der Waals surface area contributed by atoms with Crippen LogP contribution in [0.5, 0.6) is 0 Å². The van der Waals surface area contributed by atoms with E-state index in [0.717, 1.165) is 50.8 Å². The van der Waals surface area contributed by atoms with Gasteiger partial charge in [0.15, 0.2) is 0 Å². The minimum absolute atomic E-state index is 0.0308. The number of fused-ring (bicyclic) bond motifs is 2. The van der Waals surface area contributed by atoms with Crippen LogP contribution in [0.3, 0.4) is 0 Å². The zero-order valence-electron chi connectivity index (χ0n) is 20.3. The van der Waals surface area contributed by atoms with E-state index in [0.29, 0.717) is 49.9 Å². The predicted octanol–water partition coefficient (Wildman–Crippen LogP) is 3.41. The van der Waals surface area contributed by atoms with Crippen LogP contribution >= 0.6 is 0 Å². The number of rotatable bonds is 8. The van der Waals surface area contributed by atoms with Crippen molar-refractivity contribution in [3.05, 3.63) is 17.8 Å². The summed E-state index contributed by atoms with van der Waals surface area (Å²) in [6.07, 6.45) is 8.53. The fourth-order valence-electron chi connectivity index (χ4n) is 5.32. The molecule has 0 saturated carbocycles. The Bertz CT molecular complexity index is 909. The quantitative estimate of drug-likeness (QED) is 0.538. The summed E-state index contributed by atoms with van der Waals surface area (Å²) in [5.74, 6) is 0.536. The minimum atomic E-state index is -0.640. The summed E-state index contributed by atoms with van der Waals surface area (Å²) in [6, 6.07) is 0.893. The molecule has 2 atom stereocenters. The fourth-order valence-corrected chi connectivity index (χ4v) is 5.32. The minimum Gasteiger partial charge on any atom is -0.381 e. The van der Waals surface area contributed by atoms with Crippen molar-refractivity contribution in [2.24, 2.45) is 5.92 Å². The maximum atomic E-state index is 13.2. The SMILES string of the molecule is CCC[C@H](C)CC[C@H](NC(=O)N1CCCC1)C(=O)Nc1cc2c(cn1)C1(CCOCC1)C(=O)N2. The Hall–Kier alpha value is -2.68. The predicted molar refractivity (Wildman–Crippen MR) is 130 cm³/mol. The molecule has 186 valence electrons. The Morgan fingerprint density at radius 3 is 2.65 bits per heavy atom. The largest absolute Gasteiger partial charge is 0.381 e. The third-order valence-electron chi connectivity index (χ3n) is 7.44. The number of anilines is 2. The van der Waals surface area contributed by atoms with Crippen LogP contribution in [0.1, 0.15) is 70.8 Å². The molecule has 0 bridgehead atoms. The number of aromatic nitrogens is 1. The second-order valence-electron chi connectivity index (χ2n) is 9.92. The normalized spacial score (nSPS) is 20.5. The van der Waals surface area contributed by atoms with Gasteiger partial charge >= 0.3 is 6.03 Å². The molecule has 0 aliphatic carbocycles. The van der Waals surface area contributed by atoms with Gasteiger partial charge in [-0.3, -0.25) is 9.59 Å².